The van der Waals surface area contributed by atoms with Gasteiger partial charge in [0.25, 0.3) is 0 Å². The average Bonchev–Trinajstić information content (AvgIpc) is 3.54. The number of furan rings is 1. The van der Waals surface area contributed by atoms with Crippen LogP contribution in [0.4, 0.5) is 19.0 Å². The lowest BCUT2D eigenvalue weighted by Gasteiger charge is -2.14. The minimum absolute atomic E-state index is 0.174. The Morgan fingerprint density at radius 3 is 2.60 bits per heavy atom. The zero-order chi connectivity index (χ0) is 28.0. The van der Waals surface area contributed by atoms with Gasteiger partial charge >= 0.3 is 6.18 Å². The van der Waals surface area contributed by atoms with Crippen molar-refractivity contribution in [1.82, 2.24) is 29.5 Å². The molecule has 4 aromatic heterocycles. The predicted molar refractivity (Wildman–Crippen MR) is 139 cm³/mol. The van der Waals surface area contributed by atoms with Crippen LogP contribution < -0.4 is 14.8 Å². The van der Waals surface area contributed by atoms with Crippen LogP contribution in [-0.4, -0.2) is 43.7 Å². The molecule has 5 aromatic rings. The number of halogens is 3. The number of methoxy groups -OCH3 is 2. The van der Waals surface area contributed by atoms with Crippen LogP contribution in [0.25, 0.3) is 33.9 Å². The first kappa shape index (κ1) is 25.6. The molecule has 13 heteroatoms. The van der Waals surface area contributed by atoms with Gasteiger partial charge in [-0.3, -0.25) is 0 Å². The molecule has 0 amide bonds. The lowest BCUT2D eigenvalue weighted by molar-refractivity contribution is -0.140. The molecule has 1 fully saturated rings. The summed E-state index contributed by atoms with van der Waals surface area (Å²) in [5.41, 5.74) is 2.83. The zero-order valence-electron chi connectivity index (χ0n) is 21.8. The highest BCUT2D eigenvalue weighted by atomic mass is 19.4. The molecule has 0 unspecified atom stereocenters. The number of alkyl halides is 3. The Kier molecular flexibility index (Phi) is 6.28. The Bertz CT molecular complexity index is 1710. The molecule has 10 nitrogen and oxygen atoms in total. The Labute approximate surface area is 226 Å². The third kappa shape index (κ3) is 4.67. The van der Waals surface area contributed by atoms with E-state index in [-0.39, 0.29) is 12.4 Å². The molecule has 1 aliphatic rings. The molecule has 0 aliphatic heterocycles. The maximum Gasteiger partial charge on any atom is 0.434 e. The van der Waals surface area contributed by atoms with E-state index in [1.165, 1.54) is 31.3 Å². The second kappa shape index (κ2) is 9.81. The van der Waals surface area contributed by atoms with Gasteiger partial charge in [0, 0.05) is 42.9 Å². The van der Waals surface area contributed by atoms with Gasteiger partial charge in [-0.05, 0) is 18.9 Å². The van der Waals surface area contributed by atoms with Gasteiger partial charge in [0.15, 0.2) is 22.9 Å². The number of fused-ring (bicyclic) bond motifs is 1. The van der Waals surface area contributed by atoms with Crippen molar-refractivity contribution in [2.45, 2.75) is 31.5 Å². The SMILES string of the molecule is COc1cc(-c2nc(C(F)(F)F)cn2C)ccc1CNc1nc(-c2c(OC)ncnc2C2CC2)nc2ccoc12. The maximum atomic E-state index is 13.2. The van der Waals surface area contributed by atoms with Gasteiger partial charge in [0.2, 0.25) is 5.88 Å². The molecule has 4 heterocycles. The fraction of sp³-hybridized carbons (Fsp3) is 0.296. The van der Waals surface area contributed by atoms with Crippen LogP contribution in [0, 0.1) is 0 Å². The number of aromatic nitrogens is 6. The molecule has 6 rings (SSSR count). The number of nitrogens with zero attached hydrogens (tertiary/aromatic N) is 6. The molecule has 0 radical (unpaired) electrons. The summed E-state index contributed by atoms with van der Waals surface area (Å²) in [6.07, 6.45) is 1.49. The molecule has 0 saturated heterocycles. The summed E-state index contributed by atoms with van der Waals surface area (Å²) in [6.45, 7) is 0.280. The second-order valence-electron chi connectivity index (χ2n) is 9.39. The van der Waals surface area contributed by atoms with Gasteiger partial charge in [0.05, 0.1) is 26.2 Å². The first-order valence-corrected chi connectivity index (χ1v) is 12.4. The summed E-state index contributed by atoms with van der Waals surface area (Å²) >= 11 is 0. The minimum atomic E-state index is -4.53. The molecule has 1 N–H and O–H groups in total. The van der Waals surface area contributed by atoms with Crippen LogP contribution >= 0.6 is 0 Å². The van der Waals surface area contributed by atoms with Crippen molar-refractivity contribution in [3.05, 3.63) is 60.0 Å². The number of rotatable bonds is 8. The Morgan fingerprint density at radius 1 is 1.07 bits per heavy atom. The van der Waals surface area contributed by atoms with E-state index in [0.717, 1.165) is 30.3 Å². The van der Waals surface area contributed by atoms with Crippen LogP contribution in [0.15, 0.2) is 47.5 Å². The van der Waals surface area contributed by atoms with E-state index >= 15 is 0 Å². The number of hydrogen-bond acceptors (Lipinski definition) is 9. The lowest BCUT2D eigenvalue weighted by Crippen LogP contribution is -2.07. The molecule has 1 aromatic carbocycles. The Hall–Kier alpha value is -4.68. The number of ether oxygens (including phenoxy) is 2. The monoisotopic (exact) mass is 551 g/mol. The van der Waals surface area contributed by atoms with Crippen molar-refractivity contribution >= 4 is 16.9 Å². The van der Waals surface area contributed by atoms with Crippen molar-refractivity contribution in [3.63, 3.8) is 0 Å². The minimum Gasteiger partial charge on any atom is -0.496 e. The van der Waals surface area contributed by atoms with E-state index < -0.39 is 11.9 Å². The van der Waals surface area contributed by atoms with Crippen molar-refractivity contribution in [2.24, 2.45) is 7.05 Å². The van der Waals surface area contributed by atoms with Crippen molar-refractivity contribution < 1.29 is 27.1 Å². The maximum absolute atomic E-state index is 13.2. The first-order chi connectivity index (χ1) is 19.3. The topological polar surface area (TPSA) is 113 Å². The van der Waals surface area contributed by atoms with Gasteiger partial charge in [-0.15, -0.1) is 0 Å². The van der Waals surface area contributed by atoms with Gasteiger partial charge in [-0.2, -0.15) is 13.2 Å². The van der Waals surface area contributed by atoms with E-state index in [1.54, 1.807) is 31.4 Å². The van der Waals surface area contributed by atoms with Crippen LogP contribution in [0.5, 0.6) is 11.6 Å². The molecular formula is C27H24F3N7O3. The standard InChI is InChI=1S/C27H24F3N7O3/c1-37-12-19(27(28,29)30)35-25(37)15-6-7-16(18(10-15)38-2)11-31-24-22-17(8-9-40-22)34-23(36-24)20-21(14-4-5-14)32-13-33-26(20)39-3/h6-10,12-14H,4-5,11H2,1-3H3,(H,31,34,36). The molecule has 0 atom stereocenters. The number of benzene rings is 1. The first-order valence-electron chi connectivity index (χ1n) is 12.4. The van der Waals surface area contributed by atoms with Crippen molar-refractivity contribution in [3.8, 4) is 34.4 Å². The fourth-order valence-electron chi connectivity index (χ4n) is 4.59. The summed E-state index contributed by atoms with van der Waals surface area (Å²) in [5.74, 6) is 2.21. The van der Waals surface area contributed by atoms with Crippen LogP contribution in [0.1, 0.15) is 35.7 Å². The quantitative estimate of drug-likeness (QED) is 0.263. The summed E-state index contributed by atoms with van der Waals surface area (Å²) in [7, 11) is 4.56. The Morgan fingerprint density at radius 2 is 1.90 bits per heavy atom. The van der Waals surface area contributed by atoms with Crippen molar-refractivity contribution in [1.29, 1.82) is 0 Å². The molecule has 206 valence electrons. The number of aryl methyl sites for hydroxylation is 1. The lowest BCUT2D eigenvalue weighted by atomic mass is 10.1. The molecule has 0 bridgehead atoms. The number of imidazole rings is 1. The van der Waals surface area contributed by atoms with Gasteiger partial charge in [0.1, 0.15) is 29.0 Å². The van der Waals surface area contributed by atoms with Gasteiger partial charge < -0.3 is 23.8 Å². The smallest absolute Gasteiger partial charge is 0.434 e. The molecule has 1 aliphatic carbocycles. The highest BCUT2D eigenvalue weighted by Gasteiger charge is 2.35. The predicted octanol–water partition coefficient (Wildman–Crippen LogP) is 5.61. The van der Waals surface area contributed by atoms with E-state index in [2.05, 4.69) is 25.3 Å². The van der Waals surface area contributed by atoms with E-state index in [4.69, 9.17) is 18.9 Å². The van der Waals surface area contributed by atoms with Crippen molar-refractivity contribution in [2.75, 3.05) is 19.5 Å². The Balaban J connectivity index is 1.33. The highest BCUT2D eigenvalue weighted by Crippen LogP contribution is 2.45. The van der Waals surface area contributed by atoms with E-state index in [9.17, 15) is 13.2 Å². The summed E-state index contributed by atoms with van der Waals surface area (Å²) in [5, 5.41) is 3.30. The summed E-state index contributed by atoms with van der Waals surface area (Å²) in [4.78, 5) is 22.0. The van der Waals surface area contributed by atoms with Gasteiger partial charge in [-0.25, -0.2) is 24.9 Å². The number of anilines is 1. The average molecular weight is 552 g/mol. The van der Waals surface area contributed by atoms with Gasteiger partial charge in [-0.1, -0.05) is 12.1 Å². The summed E-state index contributed by atoms with van der Waals surface area (Å²) in [6, 6.07) is 6.87. The summed E-state index contributed by atoms with van der Waals surface area (Å²) < 4.78 is 57.6. The normalized spacial score (nSPS) is 13.6. The highest BCUT2D eigenvalue weighted by molar-refractivity contribution is 5.86. The molecule has 1 saturated carbocycles. The zero-order valence-corrected chi connectivity index (χ0v) is 21.8. The van der Waals surface area contributed by atoms with Crippen LogP contribution in [-0.2, 0) is 19.8 Å². The molecule has 0 spiro atoms. The van der Waals surface area contributed by atoms with E-state index in [0.29, 0.717) is 51.4 Å². The third-order valence-corrected chi connectivity index (χ3v) is 6.68. The van der Waals surface area contributed by atoms with E-state index in [1.807, 2.05) is 0 Å². The largest absolute Gasteiger partial charge is 0.496 e. The third-order valence-electron chi connectivity index (χ3n) is 6.68. The fourth-order valence-corrected chi connectivity index (χ4v) is 4.59. The molecular weight excluding hydrogens is 527 g/mol. The number of nitrogens with one attached hydrogen (secondary N) is 1. The van der Waals surface area contributed by atoms with Crippen LogP contribution in [0.3, 0.4) is 0 Å². The number of hydrogen-bond donors (Lipinski definition) is 1. The van der Waals surface area contributed by atoms with Crippen LogP contribution in [0.2, 0.25) is 0 Å². The second-order valence-corrected chi connectivity index (χ2v) is 9.39. The molecule has 40 heavy (non-hydrogen) atoms.